The van der Waals surface area contributed by atoms with E-state index in [1.807, 2.05) is 0 Å². The lowest BCUT2D eigenvalue weighted by Crippen LogP contribution is -2.49. The standard InChI is InChI=1S/C18H28N2/c1-16-7-5-6-12-20(16)18-10-13-19(14-11-18)15-17-8-3-2-4-9-17/h2-4,8-9,16,18H,5-7,10-15H2,1H3/t16-/m1/s1. The molecule has 2 heterocycles. The number of benzene rings is 1. The quantitative estimate of drug-likeness (QED) is 0.830. The van der Waals surface area contributed by atoms with Crippen LogP contribution in [0.1, 0.15) is 44.6 Å². The van der Waals surface area contributed by atoms with Gasteiger partial charge in [0.1, 0.15) is 0 Å². The number of rotatable bonds is 3. The zero-order chi connectivity index (χ0) is 13.8. The topological polar surface area (TPSA) is 6.48 Å². The molecule has 0 radical (unpaired) electrons. The van der Waals surface area contributed by atoms with Crippen molar-refractivity contribution in [2.24, 2.45) is 0 Å². The maximum Gasteiger partial charge on any atom is 0.0233 e. The van der Waals surface area contributed by atoms with Crippen molar-refractivity contribution in [3.05, 3.63) is 35.9 Å². The van der Waals surface area contributed by atoms with E-state index < -0.39 is 0 Å². The van der Waals surface area contributed by atoms with Crippen molar-refractivity contribution in [3.8, 4) is 0 Å². The molecule has 0 aliphatic carbocycles. The molecule has 0 N–H and O–H groups in total. The molecule has 2 saturated heterocycles. The van der Waals surface area contributed by atoms with Crippen LogP contribution in [0.4, 0.5) is 0 Å². The number of nitrogens with zero attached hydrogens (tertiary/aromatic N) is 2. The largest absolute Gasteiger partial charge is 0.299 e. The van der Waals surface area contributed by atoms with E-state index in [0.29, 0.717) is 0 Å². The monoisotopic (exact) mass is 272 g/mol. The molecule has 1 atom stereocenters. The second-order valence-corrected chi connectivity index (χ2v) is 6.58. The van der Waals surface area contributed by atoms with Crippen LogP contribution in [0.15, 0.2) is 30.3 Å². The Morgan fingerprint density at radius 2 is 1.70 bits per heavy atom. The molecule has 2 aliphatic rings. The van der Waals surface area contributed by atoms with Gasteiger partial charge in [0.25, 0.3) is 0 Å². The molecular formula is C18H28N2. The third-order valence-corrected chi connectivity index (χ3v) is 5.13. The van der Waals surface area contributed by atoms with E-state index in [1.54, 1.807) is 0 Å². The average molecular weight is 272 g/mol. The lowest BCUT2D eigenvalue weighted by molar-refractivity contribution is 0.0555. The Morgan fingerprint density at radius 3 is 2.40 bits per heavy atom. The van der Waals surface area contributed by atoms with Crippen molar-refractivity contribution < 1.29 is 0 Å². The molecule has 0 bridgehead atoms. The van der Waals surface area contributed by atoms with Gasteiger partial charge >= 0.3 is 0 Å². The first-order chi connectivity index (χ1) is 9.83. The highest BCUT2D eigenvalue weighted by atomic mass is 15.2. The van der Waals surface area contributed by atoms with Gasteiger partial charge in [-0.05, 0) is 57.8 Å². The number of hydrogen-bond donors (Lipinski definition) is 0. The second-order valence-electron chi connectivity index (χ2n) is 6.58. The minimum Gasteiger partial charge on any atom is -0.299 e. The van der Waals surface area contributed by atoms with Crippen LogP contribution in [0.3, 0.4) is 0 Å². The molecule has 0 saturated carbocycles. The Morgan fingerprint density at radius 1 is 0.950 bits per heavy atom. The van der Waals surface area contributed by atoms with Gasteiger partial charge in [0.05, 0.1) is 0 Å². The van der Waals surface area contributed by atoms with Gasteiger partial charge in [0.15, 0.2) is 0 Å². The van der Waals surface area contributed by atoms with E-state index in [9.17, 15) is 0 Å². The molecule has 110 valence electrons. The van der Waals surface area contributed by atoms with E-state index in [1.165, 1.54) is 57.3 Å². The highest BCUT2D eigenvalue weighted by molar-refractivity contribution is 5.14. The summed E-state index contributed by atoms with van der Waals surface area (Å²) < 4.78 is 0. The zero-order valence-electron chi connectivity index (χ0n) is 12.8. The van der Waals surface area contributed by atoms with E-state index >= 15 is 0 Å². The fourth-order valence-corrected chi connectivity index (χ4v) is 3.91. The van der Waals surface area contributed by atoms with Crippen LogP contribution in [0.5, 0.6) is 0 Å². The molecule has 0 amide bonds. The summed E-state index contributed by atoms with van der Waals surface area (Å²) in [4.78, 5) is 5.42. The zero-order valence-corrected chi connectivity index (χ0v) is 12.8. The predicted octanol–water partition coefficient (Wildman–Crippen LogP) is 3.53. The average Bonchev–Trinajstić information content (AvgIpc) is 2.50. The molecule has 2 fully saturated rings. The number of hydrogen-bond acceptors (Lipinski definition) is 2. The van der Waals surface area contributed by atoms with Gasteiger partial charge in [-0.1, -0.05) is 36.8 Å². The van der Waals surface area contributed by atoms with Crippen molar-refractivity contribution in [1.29, 1.82) is 0 Å². The highest BCUT2D eigenvalue weighted by Gasteiger charge is 2.28. The fourth-order valence-electron chi connectivity index (χ4n) is 3.91. The lowest BCUT2D eigenvalue weighted by Gasteiger charge is -2.43. The van der Waals surface area contributed by atoms with Gasteiger partial charge in [0.2, 0.25) is 0 Å². The van der Waals surface area contributed by atoms with Crippen LogP contribution in [-0.2, 0) is 6.54 Å². The third-order valence-electron chi connectivity index (χ3n) is 5.13. The molecule has 3 rings (SSSR count). The Bertz CT molecular complexity index is 395. The van der Waals surface area contributed by atoms with E-state index in [-0.39, 0.29) is 0 Å². The van der Waals surface area contributed by atoms with Gasteiger partial charge in [-0.3, -0.25) is 9.80 Å². The van der Waals surface area contributed by atoms with Crippen molar-refractivity contribution in [1.82, 2.24) is 9.80 Å². The summed E-state index contributed by atoms with van der Waals surface area (Å²) in [6.45, 7) is 7.43. The Labute approximate surface area is 123 Å². The van der Waals surface area contributed by atoms with Crippen molar-refractivity contribution in [3.63, 3.8) is 0 Å². The number of piperidine rings is 2. The fraction of sp³-hybridized carbons (Fsp3) is 0.667. The van der Waals surface area contributed by atoms with Crippen molar-refractivity contribution in [2.45, 2.75) is 57.7 Å². The number of likely N-dealkylation sites (tertiary alicyclic amines) is 2. The minimum absolute atomic E-state index is 0.814. The van der Waals surface area contributed by atoms with E-state index in [2.05, 4.69) is 47.1 Å². The summed E-state index contributed by atoms with van der Waals surface area (Å²) in [5.74, 6) is 0. The molecule has 0 aromatic heterocycles. The molecule has 2 nitrogen and oxygen atoms in total. The van der Waals surface area contributed by atoms with Crippen molar-refractivity contribution in [2.75, 3.05) is 19.6 Å². The van der Waals surface area contributed by atoms with Gasteiger partial charge in [-0.25, -0.2) is 0 Å². The van der Waals surface area contributed by atoms with E-state index in [4.69, 9.17) is 0 Å². The first-order valence-electron chi connectivity index (χ1n) is 8.35. The smallest absolute Gasteiger partial charge is 0.0233 e. The molecule has 1 aromatic carbocycles. The first-order valence-corrected chi connectivity index (χ1v) is 8.35. The normalized spacial score (nSPS) is 26.8. The lowest BCUT2D eigenvalue weighted by atomic mass is 9.95. The SMILES string of the molecule is C[C@@H]1CCCCN1C1CCN(Cc2ccccc2)CC1. The molecule has 2 heteroatoms. The Balaban J connectivity index is 1.49. The molecule has 0 unspecified atom stereocenters. The van der Waals surface area contributed by atoms with Crippen LogP contribution < -0.4 is 0 Å². The minimum atomic E-state index is 0.814. The van der Waals surface area contributed by atoms with Gasteiger partial charge in [-0.15, -0.1) is 0 Å². The van der Waals surface area contributed by atoms with Gasteiger partial charge in [-0.2, -0.15) is 0 Å². The summed E-state index contributed by atoms with van der Waals surface area (Å²) >= 11 is 0. The van der Waals surface area contributed by atoms with Crippen LogP contribution in [0.2, 0.25) is 0 Å². The first kappa shape index (κ1) is 14.1. The Kier molecular flexibility index (Phi) is 4.74. The molecular weight excluding hydrogens is 244 g/mol. The van der Waals surface area contributed by atoms with Crippen LogP contribution in [-0.4, -0.2) is 41.5 Å². The van der Waals surface area contributed by atoms with Crippen molar-refractivity contribution >= 4 is 0 Å². The summed E-state index contributed by atoms with van der Waals surface area (Å²) in [6, 6.07) is 12.6. The maximum atomic E-state index is 2.79. The Hall–Kier alpha value is -0.860. The van der Waals surface area contributed by atoms with Crippen LogP contribution in [0, 0.1) is 0 Å². The predicted molar refractivity (Wildman–Crippen MR) is 84.8 cm³/mol. The van der Waals surface area contributed by atoms with E-state index in [0.717, 1.165) is 18.6 Å². The van der Waals surface area contributed by atoms with Crippen LogP contribution >= 0.6 is 0 Å². The van der Waals surface area contributed by atoms with Gasteiger partial charge in [0, 0.05) is 18.6 Å². The second kappa shape index (κ2) is 6.73. The molecule has 1 aromatic rings. The molecule has 0 spiro atoms. The maximum absolute atomic E-state index is 2.79. The summed E-state index contributed by atoms with van der Waals surface area (Å²) in [7, 11) is 0. The molecule has 20 heavy (non-hydrogen) atoms. The third kappa shape index (κ3) is 3.42. The summed E-state index contributed by atoms with van der Waals surface area (Å²) in [5, 5.41) is 0. The summed E-state index contributed by atoms with van der Waals surface area (Å²) in [5.41, 5.74) is 1.46. The van der Waals surface area contributed by atoms with Gasteiger partial charge < -0.3 is 0 Å². The molecule has 2 aliphatic heterocycles. The summed E-state index contributed by atoms with van der Waals surface area (Å²) in [6.07, 6.45) is 6.97. The highest BCUT2D eigenvalue weighted by Crippen LogP contribution is 2.25. The van der Waals surface area contributed by atoms with Crippen LogP contribution in [0.25, 0.3) is 0 Å².